The lowest BCUT2D eigenvalue weighted by molar-refractivity contribution is -0.117. The van der Waals surface area contributed by atoms with Crippen LogP contribution in [0.25, 0.3) is 0 Å². The van der Waals surface area contributed by atoms with E-state index in [2.05, 4.69) is 34.2 Å². The van der Waals surface area contributed by atoms with E-state index in [1.807, 2.05) is 18.5 Å². The minimum Gasteiger partial charge on any atom is -0.323 e. The molecule has 2 aromatic heterocycles. The summed E-state index contributed by atoms with van der Waals surface area (Å²) in [6, 6.07) is 0. The van der Waals surface area contributed by atoms with Gasteiger partial charge < -0.3 is 5.32 Å². The van der Waals surface area contributed by atoms with Crippen molar-refractivity contribution in [3.05, 3.63) is 36.2 Å². The number of nitrogens with zero attached hydrogens (tertiary/aromatic N) is 4. The molecule has 0 radical (unpaired) electrons. The number of aromatic nitrogens is 4. The highest BCUT2D eigenvalue weighted by atomic mass is 16.1. The molecule has 1 unspecified atom stereocenters. The molecule has 1 amide bonds. The van der Waals surface area contributed by atoms with Crippen LogP contribution in [0.15, 0.2) is 24.8 Å². The molecular formula is C15H21N5O. The van der Waals surface area contributed by atoms with E-state index in [0.717, 1.165) is 17.9 Å². The van der Waals surface area contributed by atoms with Crippen LogP contribution in [-0.4, -0.2) is 25.7 Å². The van der Waals surface area contributed by atoms with E-state index in [9.17, 15) is 4.79 Å². The smallest absolute Gasteiger partial charge is 0.233 e. The molecule has 2 rings (SSSR count). The number of amides is 1. The highest BCUT2D eigenvalue weighted by Gasteiger charge is 2.18. The molecule has 1 atom stereocenters. The van der Waals surface area contributed by atoms with Crippen molar-refractivity contribution in [2.75, 3.05) is 5.32 Å². The molecule has 112 valence electrons. The first kappa shape index (κ1) is 15.2. The largest absolute Gasteiger partial charge is 0.323 e. The van der Waals surface area contributed by atoms with Crippen LogP contribution in [0.4, 0.5) is 5.69 Å². The summed E-state index contributed by atoms with van der Waals surface area (Å²) in [6.45, 7) is 8.87. The molecule has 2 heterocycles. The molecule has 1 N–H and O–H groups in total. The zero-order chi connectivity index (χ0) is 15.4. The lowest BCUT2D eigenvalue weighted by Gasteiger charge is -2.12. The fraction of sp³-hybridized carbons (Fsp3) is 0.467. The van der Waals surface area contributed by atoms with Crippen molar-refractivity contribution in [1.29, 1.82) is 0 Å². The average Bonchev–Trinajstić information content (AvgIpc) is 2.80. The monoisotopic (exact) mass is 287 g/mol. The quantitative estimate of drug-likeness (QED) is 0.916. The Morgan fingerprint density at radius 2 is 2.05 bits per heavy atom. The summed E-state index contributed by atoms with van der Waals surface area (Å²) in [5, 5.41) is 7.23. The van der Waals surface area contributed by atoms with E-state index in [0.29, 0.717) is 11.6 Å². The first-order valence-corrected chi connectivity index (χ1v) is 7.08. The van der Waals surface area contributed by atoms with Crippen LogP contribution >= 0.6 is 0 Å². The van der Waals surface area contributed by atoms with Crippen molar-refractivity contribution in [1.82, 2.24) is 19.7 Å². The molecule has 0 saturated heterocycles. The van der Waals surface area contributed by atoms with Crippen molar-refractivity contribution in [3.8, 4) is 0 Å². The number of anilines is 1. The summed E-state index contributed by atoms with van der Waals surface area (Å²) in [6.07, 6.45) is 6.48. The van der Waals surface area contributed by atoms with Crippen LogP contribution in [0.2, 0.25) is 0 Å². The van der Waals surface area contributed by atoms with Gasteiger partial charge >= 0.3 is 0 Å². The fourth-order valence-corrected chi connectivity index (χ4v) is 2.01. The van der Waals surface area contributed by atoms with Gasteiger partial charge in [-0.25, -0.2) is 0 Å². The van der Waals surface area contributed by atoms with Crippen LogP contribution in [0.1, 0.15) is 38.1 Å². The minimum absolute atomic E-state index is 0.109. The summed E-state index contributed by atoms with van der Waals surface area (Å²) < 4.78 is 1.91. The summed E-state index contributed by atoms with van der Waals surface area (Å²) >= 11 is 0. The van der Waals surface area contributed by atoms with Gasteiger partial charge in [0.2, 0.25) is 5.91 Å². The maximum absolute atomic E-state index is 12.3. The second-order valence-electron chi connectivity index (χ2n) is 5.56. The molecule has 0 aliphatic carbocycles. The van der Waals surface area contributed by atoms with Gasteiger partial charge in [-0.1, -0.05) is 13.8 Å². The van der Waals surface area contributed by atoms with Gasteiger partial charge in [0.15, 0.2) is 0 Å². The number of carbonyl (C=O) groups is 1. The van der Waals surface area contributed by atoms with Gasteiger partial charge in [0.05, 0.1) is 29.2 Å². The minimum atomic E-state index is -0.355. The zero-order valence-electron chi connectivity index (χ0n) is 12.9. The average molecular weight is 287 g/mol. The second-order valence-corrected chi connectivity index (χ2v) is 5.56. The summed E-state index contributed by atoms with van der Waals surface area (Å²) in [5.41, 5.74) is 2.36. The molecule has 0 aromatic carbocycles. The Labute approximate surface area is 124 Å². The van der Waals surface area contributed by atoms with Gasteiger partial charge in [-0.05, 0) is 19.8 Å². The first-order chi connectivity index (χ1) is 9.99. The van der Waals surface area contributed by atoms with Gasteiger partial charge in [-0.2, -0.15) is 5.10 Å². The van der Waals surface area contributed by atoms with Crippen molar-refractivity contribution in [3.63, 3.8) is 0 Å². The topological polar surface area (TPSA) is 72.7 Å². The number of rotatable bonds is 5. The molecule has 6 heteroatoms. The third kappa shape index (κ3) is 3.65. The van der Waals surface area contributed by atoms with Crippen LogP contribution in [0, 0.1) is 12.8 Å². The lowest BCUT2D eigenvalue weighted by Crippen LogP contribution is -2.20. The normalized spacial score (nSPS) is 12.4. The Bertz CT molecular complexity index is 606. The molecule has 21 heavy (non-hydrogen) atoms. The zero-order valence-corrected chi connectivity index (χ0v) is 12.9. The molecule has 0 spiro atoms. The van der Waals surface area contributed by atoms with Gasteiger partial charge in [-0.3, -0.25) is 19.4 Å². The van der Waals surface area contributed by atoms with Gasteiger partial charge in [0.25, 0.3) is 0 Å². The van der Waals surface area contributed by atoms with Crippen molar-refractivity contribution >= 4 is 11.6 Å². The number of nitrogens with one attached hydrogen (secondary N) is 1. The number of hydrogen-bond acceptors (Lipinski definition) is 4. The SMILES string of the molecule is Cc1c(NC(=O)C(C)c2cnccn2)cnn1CC(C)C. The highest BCUT2D eigenvalue weighted by Crippen LogP contribution is 2.18. The predicted molar refractivity (Wildman–Crippen MR) is 80.9 cm³/mol. The van der Waals surface area contributed by atoms with Crippen LogP contribution < -0.4 is 5.32 Å². The maximum atomic E-state index is 12.3. The summed E-state index contributed by atoms with van der Waals surface area (Å²) in [4.78, 5) is 20.4. The first-order valence-electron chi connectivity index (χ1n) is 7.08. The van der Waals surface area contributed by atoms with E-state index < -0.39 is 0 Å². The summed E-state index contributed by atoms with van der Waals surface area (Å²) in [5.74, 6) is 0.0416. The van der Waals surface area contributed by atoms with E-state index in [-0.39, 0.29) is 11.8 Å². The van der Waals surface area contributed by atoms with E-state index in [1.165, 1.54) is 0 Å². The summed E-state index contributed by atoms with van der Waals surface area (Å²) in [7, 11) is 0. The fourth-order valence-electron chi connectivity index (χ4n) is 2.01. The number of hydrogen-bond donors (Lipinski definition) is 1. The lowest BCUT2D eigenvalue weighted by atomic mass is 10.1. The van der Waals surface area contributed by atoms with Crippen LogP contribution in [0.3, 0.4) is 0 Å². The van der Waals surface area contributed by atoms with Gasteiger partial charge in [0, 0.05) is 25.1 Å². The number of carbonyl (C=O) groups excluding carboxylic acids is 1. The highest BCUT2D eigenvalue weighted by molar-refractivity contribution is 5.95. The molecular weight excluding hydrogens is 266 g/mol. The Balaban J connectivity index is 2.08. The molecule has 0 bridgehead atoms. The van der Waals surface area contributed by atoms with Crippen molar-refractivity contribution in [2.45, 2.75) is 40.2 Å². The third-order valence-corrected chi connectivity index (χ3v) is 3.32. The molecule has 0 aliphatic rings. The third-order valence-electron chi connectivity index (χ3n) is 3.32. The Hall–Kier alpha value is -2.24. The van der Waals surface area contributed by atoms with E-state index in [4.69, 9.17) is 0 Å². The molecule has 2 aromatic rings. The molecule has 0 saturated carbocycles. The van der Waals surface area contributed by atoms with Gasteiger partial charge in [-0.15, -0.1) is 0 Å². The maximum Gasteiger partial charge on any atom is 0.233 e. The Morgan fingerprint density at radius 3 is 2.67 bits per heavy atom. The van der Waals surface area contributed by atoms with Crippen LogP contribution in [0.5, 0.6) is 0 Å². The van der Waals surface area contributed by atoms with Crippen molar-refractivity contribution < 1.29 is 4.79 Å². The van der Waals surface area contributed by atoms with E-state index in [1.54, 1.807) is 24.8 Å². The predicted octanol–water partition coefficient (Wildman–Crippen LogP) is 2.38. The van der Waals surface area contributed by atoms with E-state index >= 15 is 0 Å². The second kappa shape index (κ2) is 6.47. The Morgan fingerprint density at radius 1 is 1.29 bits per heavy atom. The standard InChI is InChI=1S/C15H21N5O/c1-10(2)9-20-12(4)14(8-18-20)19-15(21)11(3)13-7-16-5-6-17-13/h5-8,10-11H,9H2,1-4H3,(H,19,21). The van der Waals surface area contributed by atoms with Crippen LogP contribution in [-0.2, 0) is 11.3 Å². The molecule has 0 aliphatic heterocycles. The molecule has 6 nitrogen and oxygen atoms in total. The Kier molecular flexibility index (Phi) is 4.67. The van der Waals surface area contributed by atoms with Gasteiger partial charge in [0.1, 0.15) is 0 Å². The molecule has 0 fully saturated rings. The van der Waals surface area contributed by atoms with Crippen molar-refractivity contribution in [2.24, 2.45) is 5.92 Å².